The Kier molecular flexibility index (Phi) is 5.90. The Labute approximate surface area is 137 Å². The molecule has 2 aromatic carbocycles. The summed E-state index contributed by atoms with van der Waals surface area (Å²) in [6.07, 6.45) is 0.196. The quantitative estimate of drug-likeness (QED) is 0.556. The molecule has 0 aliphatic heterocycles. The zero-order valence-corrected chi connectivity index (χ0v) is 13.8. The van der Waals surface area contributed by atoms with Gasteiger partial charge in [0, 0.05) is 16.5 Å². The van der Waals surface area contributed by atoms with Crippen LogP contribution < -0.4 is 0 Å². The van der Waals surface area contributed by atoms with Gasteiger partial charge in [-0.2, -0.15) is 0 Å². The van der Waals surface area contributed by atoms with Crippen molar-refractivity contribution in [2.75, 3.05) is 6.61 Å². The highest BCUT2D eigenvalue weighted by Crippen LogP contribution is 2.25. The molecular weight excluding hydrogens is 347 g/mol. The summed E-state index contributed by atoms with van der Waals surface area (Å²) in [6.45, 7) is 1.92. The van der Waals surface area contributed by atoms with Crippen LogP contribution in [0.3, 0.4) is 0 Å². The van der Waals surface area contributed by atoms with Crippen LogP contribution in [0.1, 0.15) is 18.1 Å². The summed E-state index contributed by atoms with van der Waals surface area (Å²) in [5.41, 5.74) is 1.26. The van der Waals surface area contributed by atoms with Crippen LogP contribution in [-0.2, 0) is 16.0 Å². The predicted octanol–water partition coefficient (Wildman–Crippen LogP) is 4.94. The van der Waals surface area contributed by atoms with E-state index in [-0.39, 0.29) is 18.6 Å². The van der Waals surface area contributed by atoms with Crippen LogP contribution in [0.5, 0.6) is 0 Å². The van der Waals surface area contributed by atoms with E-state index in [1.54, 1.807) is 31.2 Å². The number of carbonyl (C=O) groups excluding carboxylic acids is 1. The van der Waals surface area contributed by atoms with Gasteiger partial charge in [-0.3, -0.25) is 0 Å². The third-order valence-electron chi connectivity index (χ3n) is 3.11. The molecule has 0 radical (unpaired) electrons. The first kappa shape index (κ1) is 16.4. The molecule has 2 nitrogen and oxygen atoms in total. The highest BCUT2D eigenvalue weighted by Gasteiger charge is 2.19. The van der Waals surface area contributed by atoms with Crippen molar-refractivity contribution < 1.29 is 13.9 Å². The van der Waals surface area contributed by atoms with E-state index in [0.29, 0.717) is 5.56 Å². The third-order valence-corrected chi connectivity index (χ3v) is 3.64. The monoisotopic (exact) mass is 362 g/mol. The van der Waals surface area contributed by atoms with Crippen LogP contribution in [0.4, 0.5) is 4.39 Å². The van der Waals surface area contributed by atoms with Crippen LogP contribution in [0, 0.1) is 0 Å². The summed E-state index contributed by atoms with van der Waals surface area (Å²) in [5.74, 6) is -1.17. The maximum Gasteiger partial charge on any atom is 0.337 e. The summed E-state index contributed by atoms with van der Waals surface area (Å²) >= 11 is 3.31. The lowest BCUT2D eigenvalue weighted by Crippen LogP contribution is -2.11. The van der Waals surface area contributed by atoms with Crippen molar-refractivity contribution in [1.82, 2.24) is 0 Å². The van der Waals surface area contributed by atoms with Crippen LogP contribution in [-0.4, -0.2) is 12.6 Å². The van der Waals surface area contributed by atoms with E-state index < -0.39 is 11.8 Å². The second-order valence-electron chi connectivity index (χ2n) is 4.68. The maximum absolute atomic E-state index is 14.8. The minimum atomic E-state index is -0.619. The Balaban J connectivity index is 2.39. The van der Waals surface area contributed by atoms with Crippen LogP contribution in [0.2, 0.25) is 0 Å². The molecule has 0 aromatic heterocycles. The van der Waals surface area contributed by atoms with E-state index in [1.807, 2.05) is 30.3 Å². The number of ether oxygens (including phenoxy) is 1. The molecule has 0 N–H and O–H groups in total. The van der Waals surface area contributed by atoms with Crippen molar-refractivity contribution in [2.45, 2.75) is 13.3 Å². The lowest BCUT2D eigenvalue weighted by molar-refractivity contribution is -0.138. The van der Waals surface area contributed by atoms with Crippen molar-refractivity contribution in [3.05, 3.63) is 75.8 Å². The van der Waals surface area contributed by atoms with Crippen molar-refractivity contribution in [2.24, 2.45) is 0 Å². The van der Waals surface area contributed by atoms with Crippen molar-refractivity contribution in [1.29, 1.82) is 0 Å². The van der Waals surface area contributed by atoms with E-state index in [2.05, 4.69) is 15.9 Å². The number of rotatable bonds is 5. The topological polar surface area (TPSA) is 26.3 Å². The van der Waals surface area contributed by atoms with Gasteiger partial charge in [0.1, 0.15) is 5.83 Å². The fourth-order valence-electron chi connectivity index (χ4n) is 2.03. The first-order chi connectivity index (χ1) is 10.6. The lowest BCUT2D eigenvalue weighted by atomic mass is 10.0. The molecule has 4 heteroatoms. The molecule has 0 atom stereocenters. The number of benzene rings is 2. The smallest absolute Gasteiger partial charge is 0.337 e. The Hall–Kier alpha value is -1.94. The normalized spacial score (nSPS) is 11.8. The van der Waals surface area contributed by atoms with Crippen molar-refractivity contribution in [3.63, 3.8) is 0 Å². The number of hydrogen-bond donors (Lipinski definition) is 0. The average molecular weight is 363 g/mol. The molecule has 114 valence electrons. The molecule has 2 aromatic rings. The fourth-order valence-corrected chi connectivity index (χ4v) is 2.29. The fraction of sp³-hybridized carbons (Fsp3) is 0.167. The average Bonchev–Trinajstić information content (AvgIpc) is 2.54. The van der Waals surface area contributed by atoms with Gasteiger partial charge in [-0.1, -0.05) is 58.4 Å². The first-order valence-electron chi connectivity index (χ1n) is 6.97. The molecular formula is C18H16BrFO2. The van der Waals surface area contributed by atoms with Crippen LogP contribution in [0.15, 0.2) is 64.6 Å². The highest BCUT2D eigenvalue weighted by molar-refractivity contribution is 9.10. The van der Waals surface area contributed by atoms with Gasteiger partial charge in [0.25, 0.3) is 0 Å². The Morgan fingerprint density at radius 2 is 1.73 bits per heavy atom. The second kappa shape index (κ2) is 7.90. The Morgan fingerprint density at radius 3 is 2.32 bits per heavy atom. The molecule has 0 amide bonds. The molecule has 0 fully saturated rings. The molecule has 0 unspecified atom stereocenters. The summed E-state index contributed by atoms with van der Waals surface area (Å²) < 4.78 is 20.6. The Morgan fingerprint density at radius 1 is 1.09 bits per heavy atom. The molecule has 0 spiro atoms. The van der Waals surface area contributed by atoms with Crippen molar-refractivity contribution >= 4 is 27.7 Å². The van der Waals surface area contributed by atoms with Gasteiger partial charge in [0.15, 0.2) is 0 Å². The van der Waals surface area contributed by atoms with Crippen LogP contribution >= 0.6 is 15.9 Å². The third kappa shape index (κ3) is 4.28. The predicted molar refractivity (Wildman–Crippen MR) is 88.9 cm³/mol. The molecule has 0 heterocycles. The Bertz CT molecular complexity index is 663. The number of halogens is 2. The van der Waals surface area contributed by atoms with Gasteiger partial charge in [0.05, 0.1) is 12.2 Å². The highest BCUT2D eigenvalue weighted by atomic mass is 79.9. The van der Waals surface area contributed by atoms with Gasteiger partial charge in [-0.25, -0.2) is 9.18 Å². The zero-order chi connectivity index (χ0) is 15.9. The van der Waals surface area contributed by atoms with Gasteiger partial charge < -0.3 is 4.74 Å². The van der Waals surface area contributed by atoms with Crippen LogP contribution in [0.25, 0.3) is 5.83 Å². The summed E-state index contributed by atoms with van der Waals surface area (Å²) in [4.78, 5) is 12.1. The summed E-state index contributed by atoms with van der Waals surface area (Å²) in [5, 5.41) is 0. The van der Waals surface area contributed by atoms with E-state index in [9.17, 15) is 9.18 Å². The van der Waals surface area contributed by atoms with Crippen molar-refractivity contribution in [3.8, 4) is 0 Å². The minimum absolute atomic E-state index is 0.0374. The van der Waals surface area contributed by atoms with E-state index in [0.717, 1.165) is 10.0 Å². The van der Waals surface area contributed by atoms with Gasteiger partial charge in [-0.05, 0) is 24.6 Å². The van der Waals surface area contributed by atoms with E-state index in [1.165, 1.54) is 0 Å². The lowest BCUT2D eigenvalue weighted by Gasteiger charge is -2.10. The second-order valence-corrected chi connectivity index (χ2v) is 5.60. The standard InChI is InChI=1S/C18H16BrFO2/c1-2-22-18(21)16(12-13-6-4-3-5-7-13)17(20)14-8-10-15(19)11-9-14/h3-11H,2,12H2,1H3/b17-16+. The zero-order valence-electron chi connectivity index (χ0n) is 12.2. The molecule has 0 bridgehead atoms. The van der Waals surface area contributed by atoms with Gasteiger partial charge in [0.2, 0.25) is 0 Å². The van der Waals surface area contributed by atoms with E-state index >= 15 is 0 Å². The largest absolute Gasteiger partial charge is 0.463 e. The maximum atomic E-state index is 14.8. The minimum Gasteiger partial charge on any atom is -0.463 e. The first-order valence-corrected chi connectivity index (χ1v) is 7.76. The molecule has 0 aliphatic rings. The molecule has 2 rings (SSSR count). The SMILES string of the molecule is CCOC(=O)/C(Cc1ccccc1)=C(/F)c1ccc(Br)cc1. The summed E-state index contributed by atoms with van der Waals surface area (Å²) in [6, 6.07) is 16.0. The molecule has 0 saturated carbocycles. The van der Waals surface area contributed by atoms with E-state index in [4.69, 9.17) is 4.74 Å². The molecule has 0 aliphatic carbocycles. The summed E-state index contributed by atoms with van der Waals surface area (Å²) in [7, 11) is 0. The number of hydrogen-bond acceptors (Lipinski definition) is 2. The number of carbonyl (C=O) groups is 1. The van der Waals surface area contributed by atoms with Gasteiger partial charge in [-0.15, -0.1) is 0 Å². The number of esters is 1. The van der Waals surface area contributed by atoms with Gasteiger partial charge >= 0.3 is 5.97 Å². The molecule has 22 heavy (non-hydrogen) atoms. The molecule has 0 saturated heterocycles.